The molecule has 0 unspecified atom stereocenters. The van der Waals surface area contributed by atoms with Crippen molar-refractivity contribution >= 4 is 17.5 Å². The zero-order chi connectivity index (χ0) is 16.8. The molecule has 3 rings (SSSR count). The van der Waals surface area contributed by atoms with Crippen LogP contribution in [0.5, 0.6) is 5.75 Å². The van der Waals surface area contributed by atoms with Gasteiger partial charge in [-0.2, -0.15) is 0 Å². The number of halogens is 3. The van der Waals surface area contributed by atoms with E-state index in [9.17, 15) is 13.6 Å². The zero-order valence-electron chi connectivity index (χ0n) is 12.4. The van der Waals surface area contributed by atoms with Crippen LogP contribution < -0.4 is 10.1 Å². The van der Waals surface area contributed by atoms with Gasteiger partial charge in [0, 0.05) is 11.6 Å². The molecule has 0 aliphatic carbocycles. The number of nitrogens with one attached hydrogen (secondary N) is 1. The summed E-state index contributed by atoms with van der Waals surface area (Å²) in [6.07, 6.45) is 0.973. The minimum Gasteiger partial charge on any atom is -0.486 e. The van der Waals surface area contributed by atoms with Gasteiger partial charge in [0.05, 0.1) is 11.7 Å². The molecular formula is C16H13ClF2N2O2. The van der Waals surface area contributed by atoms with E-state index in [4.69, 9.17) is 16.3 Å². The van der Waals surface area contributed by atoms with Crippen LogP contribution in [0.15, 0.2) is 24.4 Å². The highest BCUT2D eigenvalue weighted by Crippen LogP contribution is 2.35. The number of hydrogen-bond donors (Lipinski definition) is 1. The molecule has 1 aliphatic rings. The van der Waals surface area contributed by atoms with Gasteiger partial charge < -0.3 is 10.1 Å². The first kappa shape index (κ1) is 15.7. The van der Waals surface area contributed by atoms with E-state index in [0.29, 0.717) is 11.1 Å². The summed E-state index contributed by atoms with van der Waals surface area (Å²) in [5.41, 5.74) is 0.771. The molecule has 1 N–H and O–H groups in total. The highest BCUT2D eigenvalue weighted by molar-refractivity contribution is 6.30. The second-order valence-corrected chi connectivity index (χ2v) is 6.16. The maximum Gasteiger partial charge on any atom is 0.252 e. The molecule has 0 radical (unpaired) electrons. The van der Waals surface area contributed by atoms with Gasteiger partial charge in [-0.05, 0) is 37.1 Å². The van der Waals surface area contributed by atoms with Crippen molar-refractivity contribution < 1.29 is 18.3 Å². The molecule has 1 aromatic carbocycles. The number of fused-ring (bicyclic) bond motifs is 1. The van der Waals surface area contributed by atoms with Crippen molar-refractivity contribution in [2.75, 3.05) is 0 Å². The Hall–Kier alpha value is -2.21. The average molecular weight is 339 g/mol. The van der Waals surface area contributed by atoms with Gasteiger partial charge in [0.25, 0.3) is 5.91 Å². The van der Waals surface area contributed by atoms with Gasteiger partial charge in [-0.25, -0.2) is 13.8 Å². The minimum absolute atomic E-state index is 0.00732. The van der Waals surface area contributed by atoms with Gasteiger partial charge in [-0.3, -0.25) is 4.79 Å². The van der Waals surface area contributed by atoms with Gasteiger partial charge in [-0.1, -0.05) is 11.6 Å². The quantitative estimate of drug-likeness (QED) is 0.870. The van der Waals surface area contributed by atoms with E-state index in [0.717, 1.165) is 12.3 Å². The van der Waals surface area contributed by atoms with Gasteiger partial charge in [0.2, 0.25) is 0 Å². The van der Waals surface area contributed by atoms with Gasteiger partial charge in [0.1, 0.15) is 18.2 Å². The van der Waals surface area contributed by atoms with Crippen molar-refractivity contribution in [1.82, 2.24) is 10.3 Å². The third-order valence-corrected chi connectivity index (χ3v) is 3.92. The SMILES string of the molecule is CC1(C)NC(=O)c2cc(F)cc(COc3cc(F)cnc3Cl)c21. The largest absolute Gasteiger partial charge is 0.486 e. The fourth-order valence-electron chi connectivity index (χ4n) is 2.77. The summed E-state index contributed by atoms with van der Waals surface area (Å²) in [5.74, 6) is -1.42. The molecule has 0 fully saturated rings. The maximum absolute atomic E-state index is 13.8. The number of ether oxygens (including phenoxy) is 1. The van der Waals surface area contributed by atoms with Gasteiger partial charge in [0.15, 0.2) is 10.9 Å². The molecule has 4 nitrogen and oxygen atoms in total. The van der Waals surface area contributed by atoms with E-state index in [1.807, 2.05) is 13.8 Å². The van der Waals surface area contributed by atoms with E-state index in [1.54, 1.807) is 0 Å². The van der Waals surface area contributed by atoms with E-state index in [2.05, 4.69) is 10.3 Å². The molecule has 7 heteroatoms. The van der Waals surface area contributed by atoms with Crippen LogP contribution in [0, 0.1) is 11.6 Å². The number of pyridine rings is 1. The Morgan fingerprint density at radius 1 is 1.26 bits per heavy atom. The molecule has 1 amide bonds. The molecule has 1 aromatic heterocycles. The number of nitrogens with zero attached hydrogens (tertiary/aromatic N) is 1. The number of hydrogen-bond acceptors (Lipinski definition) is 3. The molecule has 23 heavy (non-hydrogen) atoms. The maximum atomic E-state index is 13.8. The highest BCUT2D eigenvalue weighted by atomic mass is 35.5. The number of rotatable bonds is 3. The number of carbonyl (C=O) groups is 1. The molecule has 120 valence electrons. The zero-order valence-corrected chi connectivity index (χ0v) is 13.2. The van der Waals surface area contributed by atoms with E-state index in [-0.39, 0.29) is 29.0 Å². The Morgan fingerprint density at radius 2 is 2.00 bits per heavy atom. The van der Waals surface area contributed by atoms with Crippen molar-refractivity contribution in [1.29, 1.82) is 0 Å². The summed E-state index contributed by atoms with van der Waals surface area (Å²) in [4.78, 5) is 15.6. The number of carbonyl (C=O) groups excluding carboxylic acids is 1. The number of benzene rings is 1. The van der Waals surface area contributed by atoms with Crippen LogP contribution >= 0.6 is 11.6 Å². The Balaban J connectivity index is 1.97. The second-order valence-electron chi connectivity index (χ2n) is 5.80. The lowest BCUT2D eigenvalue weighted by atomic mass is 9.90. The Labute approximate surface area is 136 Å². The molecular weight excluding hydrogens is 326 g/mol. The van der Waals surface area contributed by atoms with E-state index < -0.39 is 17.2 Å². The lowest BCUT2D eigenvalue weighted by Crippen LogP contribution is -2.33. The summed E-state index contributed by atoms with van der Waals surface area (Å²) >= 11 is 5.85. The smallest absolute Gasteiger partial charge is 0.252 e. The van der Waals surface area contributed by atoms with Crippen LogP contribution in [-0.2, 0) is 12.1 Å². The van der Waals surface area contributed by atoms with Crippen molar-refractivity contribution in [2.24, 2.45) is 0 Å². The predicted octanol–water partition coefficient (Wildman–Crippen LogP) is 3.57. The Morgan fingerprint density at radius 3 is 2.74 bits per heavy atom. The standard InChI is InChI=1S/C16H13ClF2N2O2/c1-16(2)13-8(3-9(18)4-11(13)15(22)21-16)7-23-12-5-10(19)6-20-14(12)17/h3-6H,7H2,1-2H3,(H,21,22). The predicted molar refractivity (Wildman–Crippen MR) is 80.4 cm³/mol. The first-order valence-corrected chi connectivity index (χ1v) is 7.25. The third-order valence-electron chi connectivity index (χ3n) is 3.64. The number of aromatic nitrogens is 1. The Bertz CT molecular complexity index is 809. The van der Waals surface area contributed by atoms with Crippen LogP contribution in [0.3, 0.4) is 0 Å². The molecule has 0 bridgehead atoms. The van der Waals surface area contributed by atoms with Crippen molar-refractivity contribution in [2.45, 2.75) is 26.0 Å². The lowest BCUT2D eigenvalue weighted by molar-refractivity contribution is 0.0940. The third kappa shape index (κ3) is 2.86. The molecule has 0 saturated heterocycles. The van der Waals surface area contributed by atoms with Crippen LogP contribution in [-0.4, -0.2) is 10.9 Å². The Kier molecular flexibility index (Phi) is 3.72. The van der Waals surface area contributed by atoms with E-state index in [1.165, 1.54) is 12.1 Å². The summed E-state index contributed by atoms with van der Waals surface area (Å²) in [7, 11) is 0. The van der Waals surface area contributed by atoms with Crippen molar-refractivity contribution in [3.63, 3.8) is 0 Å². The minimum atomic E-state index is -0.650. The monoisotopic (exact) mass is 338 g/mol. The summed E-state index contributed by atoms with van der Waals surface area (Å²) < 4.78 is 32.5. The molecule has 2 heterocycles. The molecule has 0 spiro atoms. The van der Waals surface area contributed by atoms with Crippen molar-refractivity contribution in [3.8, 4) is 5.75 Å². The average Bonchev–Trinajstić information content (AvgIpc) is 2.69. The second kappa shape index (κ2) is 5.45. The molecule has 0 atom stereocenters. The van der Waals surface area contributed by atoms with E-state index >= 15 is 0 Å². The first-order chi connectivity index (χ1) is 10.8. The topological polar surface area (TPSA) is 51.2 Å². The molecule has 2 aromatic rings. The van der Waals surface area contributed by atoms with Crippen LogP contribution in [0.1, 0.15) is 35.3 Å². The molecule has 1 aliphatic heterocycles. The number of amides is 1. The van der Waals surface area contributed by atoms with Crippen LogP contribution in [0.2, 0.25) is 5.15 Å². The lowest BCUT2D eigenvalue weighted by Gasteiger charge is -2.22. The van der Waals surface area contributed by atoms with Crippen molar-refractivity contribution in [3.05, 3.63) is 57.9 Å². The first-order valence-electron chi connectivity index (χ1n) is 6.87. The summed E-state index contributed by atoms with van der Waals surface area (Å²) in [5, 5.41) is 2.79. The summed E-state index contributed by atoms with van der Waals surface area (Å²) in [6.45, 7) is 3.56. The fourth-order valence-corrected chi connectivity index (χ4v) is 2.93. The van der Waals surface area contributed by atoms with Gasteiger partial charge in [-0.15, -0.1) is 0 Å². The summed E-state index contributed by atoms with van der Waals surface area (Å²) in [6, 6.07) is 3.59. The van der Waals surface area contributed by atoms with Gasteiger partial charge >= 0.3 is 0 Å². The van der Waals surface area contributed by atoms with Crippen LogP contribution in [0.4, 0.5) is 8.78 Å². The van der Waals surface area contributed by atoms with Crippen LogP contribution in [0.25, 0.3) is 0 Å². The fraction of sp³-hybridized carbons (Fsp3) is 0.250. The normalized spacial score (nSPS) is 15.3. The highest BCUT2D eigenvalue weighted by Gasteiger charge is 2.37. The molecule has 0 saturated carbocycles.